The number of ether oxygens (including phenoxy) is 1. The highest BCUT2D eigenvalue weighted by Crippen LogP contribution is 2.36. The third-order valence-electron chi connectivity index (χ3n) is 5.31. The molecule has 0 aromatic heterocycles. The predicted molar refractivity (Wildman–Crippen MR) is 93.5 cm³/mol. The van der Waals surface area contributed by atoms with Crippen LogP contribution in [0, 0.1) is 0 Å². The van der Waals surface area contributed by atoms with Gasteiger partial charge in [-0.1, -0.05) is 12.1 Å². The average molecular weight is 331 g/mol. The van der Waals surface area contributed by atoms with E-state index in [1.807, 2.05) is 63.8 Å². The molecule has 1 aromatic rings. The Kier molecular flexibility index (Phi) is 4.49. The van der Waals surface area contributed by atoms with E-state index in [-0.39, 0.29) is 23.2 Å². The van der Waals surface area contributed by atoms with Gasteiger partial charge in [-0.2, -0.15) is 0 Å². The Hall–Kier alpha value is -1.37. The fraction of sp³-hybridized carbons (Fsp3) is 0.611. The molecule has 6 heteroatoms. The van der Waals surface area contributed by atoms with Crippen LogP contribution < -0.4 is 5.46 Å². The van der Waals surface area contributed by atoms with E-state index in [9.17, 15) is 4.79 Å². The van der Waals surface area contributed by atoms with Crippen molar-refractivity contribution < 1.29 is 18.8 Å². The van der Waals surface area contributed by atoms with Gasteiger partial charge in [-0.05, 0) is 52.2 Å². The first kappa shape index (κ1) is 17.5. The van der Waals surface area contributed by atoms with E-state index in [4.69, 9.17) is 14.0 Å². The SMILES string of the molecule is CC1COCCN1C(=O)c1ccc(B2OC(C)(C)C(C)(C)O2)cc1. The number of carbonyl (C=O) groups is 1. The number of rotatable bonds is 2. The number of morpholine rings is 1. The van der Waals surface area contributed by atoms with E-state index in [0.717, 1.165) is 5.46 Å². The van der Waals surface area contributed by atoms with Crippen LogP contribution in [0.4, 0.5) is 0 Å². The van der Waals surface area contributed by atoms with E-state index in [0.29, 0.717) is 25.3 Å². The summed E-state index contributed by atoms with van der Waals surface area (Å²) in [6.45, 7) is 12.0. The fourth-order valence-electron chi connectivity index (χ4n) is 2.96. The molecule has 1 atom stereocenters. The van der Waals surface area contributed by atoms with E-state index >= 15 is 0 Å². The quantitative estimate of drug-likeness (QED) is 0.776. The molecule has 5 nitrogen and oxygen atoms in total. The number of hydrogen-bond donors (Lipinski definition) is 0. The molecule has 0 radical (unpaired) electrons. The number of nitrogens with zero attached hydrogens (tertiary/aromatic N) is 1. The van der Waals surface area contributed by atoms with Crippen LogP contribution in [0.1, 0.15) is 45.0 Å². The predicted octanol–water partition coefficient (Wildman–Crippen LogP) is 1.85. The Balaban J connectivity index is 1.73. The number of carbonyl (C=O) groups excluding carboxylic acids is 1. The average Bonchev–Trinajstić information content (AvgIpc) is 2.75. The Bertz CT molecular complexity index is 598. The molecule has 1 aromatic carbocycles. The van der Waals surface area contributed by atoms with Crippen molar-refractivity contribution in [3.8, 4) is 0 Å². The minimum absolute atomic E-state index is 0.0475. The smallest absolute Gasteiger partial charge is 0.399 e. The second kappa shape index (κ2) is 6.17. The number of benzene rings is 1. The van der Waals surface area contributed by atoms with Crippen LogP contribution in [-0.2, 0) is 14.0 Å². The van der Waals surface area contributed by atoms with Gasteiger partial charge in [0.25, 0.3) is 5.91 Å². The molecule has 2 fully saturated rings. The van der Waals surface area contributed by atoms with E-state index in [1.54, 1.807) is 0 Å². The number of hydrogen-bond acceptors (Lipinski definition) is 4. The molecule has 2 aliphatic rings. The minimum Gasteiger partial charge on any atom is -0.399 e. The summed E-state index contributed by atoms with van der Waals surface area (Å²) in [5.74, 6) is 0.0475. The monoisotopic (exact) mass is 331 g/mol. The lowest BCUT2D eigenvalue weighted by Crippen LogP contribution is -2.47. The molecular formula is C18H26BNO4. The highest BCUT2D eigenvalue weighted by molar-refractivity contribution is 6.62. The molecule has 0 spiro atoms. The van der Waals surface area contributed by atoms with Crippen LogP contribution in [0.25, 0.3) is 0 Å². The molecule has 3 rings (SSSR count). The van der Waals surface area contributed by atoms with Crippen LogP contribution in [-0.4, -0.2) is 54.9 Å². The second-order valence-corrected chi connectivity index (χ2v) is 7.63. The van der Waals surface area contributed by atoms with Gasteiger partial charge in [0.05, 0.1) is 30.5 Å². The second-order valence-electron chi connectivity index (χ2n) is 7.63. The molecule has 0 saturated carbocycles. The summed E-state index contributed by atoms with van der Waals surface area (Å²) >= 11 is 0. The van der Waals surface area contributed by atoms with Gasteiger partial charge in [0.15, 0.2) is 0 Å². The van der Waals surface area contributed by atoms with Crippen molar-refractivity contribution in [2.75, 3.05) is 19.8 Å². The summed E-state index contributed by atoms with van der Waals surface area (Å²) in [6, 6.07) is 7.64. The lowest BCUT2D eigenvalue weighted by Gasteiger charge is -2.33. The van der Waals surface area contributed by atoms with Gasteiger partial charge in [-0.15, -0.1) is 0 Å². The van der Waals surface area contributed by atoms with Gasteiger partial charge in [0, 0.05) is 12.1 Å². The van der Waals surface area contributed by atoms with Crippen LogP contribution in [0.3, 0.4) is 0 Å². The van der Waals surface area contributed by atoms with Crippen molar-refractivity contribution in [3.05, 3.63) is 29.8 Å². The molecule has 130 valence electrons. The van der Waals surface area contributed by atoms with Crippen molar-refractivity contribution in [1.29, 1.82) is 0 Å². The van der Waals surface area contributed by atoms with Gasteiger partial charge in [-0.25, -0.2) is 0 Å². The Labute approximate surface area is 144 Å². The molecule has 0 aliphatic carbocycles. The zero-order valence-corrected chi connectivity index (χ0v) is 15.2. The molecule has 2 aliphatic heterocycles. The van der Waals surface area contributed by atoms with Crippen molar-refractivity contribution in [1.82, 2.24) is 4.90 Å². The molecule has 1 unspecified atom stereocenters. The van der Waals surface area contributed by atoms with Gasteiger partial charge < -0.3 is 18.9 Å². The summed E-state index contributed by atoms with van der Waals surface area (Å²) in [4.78, 5) is 14.5. The maximum atomic E-state index is 12.7. The van der Waals surface area contributed by atoms with Crippen LogP contribution in [0.15, 0.2) is 24.3 Å². The van der Waals surface area contributed by atoms with E-state index in [1.165, 1.54) is 0 Å². The minimum atomic E-state index is -0.401. The fourth-order valence-corrected chi connectivity index (χ4v) is 2.96. The zero-order chi connectivity index (χ0) is 17.5. The summed E-state index contributed by atoms with van der Waals surface area (Å²) in [6.07, 6.45) is 0. The standard InChI is InChI=1S/C18H26BNO4/c1-13-12-22-11-10-20(13)16(21)14-6-8-15(9-7-14)19-23-17(2,3)18(4,5)24-19/h6-9,13H,10-12H2,1-5H3. The van der Waals surface area contributed by atoms with Crippen LogP contribution in [0.5, 0.6) is 0 Å². The third kappa shape index (κ3) is 3.10. The van der Waals surface area contributed by atoms with Crippen molar-refractivity contribution in [2.45, 2.75) is 51.9 Å². The van der Waals surface area contributed by atoms with Gasteiger partial charge >= 0.3 is 7.12 Å². The molecule has 2 saturated heterocycles. The lowest BCUT2D eigenvalue weighted by atomic mass is 9.79. The van der Waals surface area contributed by atoms with E-state index in [2.05, 4.69) is 0 Å². The van der Waals surface area contributed by atoms with Crippen LogP contribution in [0.2, 0.25) is 0 Å². The Morgan fingerprint density at radius 2 is 1.71 bits per heavy atom. The van der Waals surface area contributed by atoms with Crippen LogP contribution >= 0.6 is 0 Å². The molecule has 1 amide bonds. The maximum Gasteiger partial charge on any atom is 0.494 e. The highest BCUT2D eigenvalue weighted by atomic mass is 16.7. The highest BCUT2D eigenvalue weighted by Gasteiger charge is 2.51. The topological polar surface area (TPSA) is 48.0 Å². The van der Waals surface area contributed by atoms with Gasteiger partial charge in [0.1, 0.15) is 0 Å². The molecule has 0 bridgehead atoms. The first-order chi connectivity index (χ1) is 11.2. The lowest BCUT2D eigenvalue weighted by molar-refractivity contribution is 0.00359. The van der Waals surface area contributed by atoms with E-state index < -0.39 is 7.12 Å². The molecule has 0 N–H and O–H groups in total. The summed E-state index contributed by atoms with van der Waals surface area (Å²) < 4.78 is 17.5. The maximum absolute atomic E-state index is 12.7. The van der Waals surface area contributed by atoms with Crippen molar-refractivity contribution in [3.63, 3.8) is 0 Å². The summed E-state index contributed by atoms with van der Waals surface area (Å²) in [5.41, 5.74) is 0.884. The molecule has 2 heterocycles. The normalized spacial score (nSPS) is 25.8. The Morgan fingerprint density at radius 1 is 1.12 bits per heavy atom. The largest absolute Gasteiger partial charge is 0.494 e. The molecular weight excluding hydrogens is 305 g/mol. The summed E-state index contributed by atoms with van der Waals surface area (Å²) in [5, 5.41) is 0. The first-order valence-electron chi connectivity index (χ1n) is 8.55. The zero-order valence-electron chi connectivity index (χ0n) is 15.2. The Morgan fingerprint density at radius 3 is 2.25 bits per heavy atom. The number of amides is 1. The van der Waals surface area contributed by atoms with Crippen molar-refractivity contribution in [2.24, 2.45) is 0 Å². The molecule has 24 heavy (non-hydrogen) atoms. The van der Waals surface area contributed by atoms with Gasteiger partial charge in [-0.3, -0.25) is 4.79 Å². The third-order valence-corrected chi connectivity index (χ3v) is 5.31. The summed E-state index contributed by atoms with van der Waals surface area (Å²) in [7, 11) is -0.401. The van der Waals surface area contributed by atoms with Gasteiger partial charge in [0.2, 0.25) is 0 Å². The first-order valence-corrected chi connectivity index (χ1v) is 8.55. The van der Waals surface area contributed by atoms with Crippen molar-refractivity contribution >= 4 is 18.5 Å².